The Bertz CT molecular complexity index is 395. The van der Waals surface area contributed by atoms with Crippen LogP contribution in [0.4, 0.5) is 4.39 Å². The molecular formula is C14H23FN2O. The van der Waals surface area contributed by atoms with Gasteiger partial charge in [0.05, 0.1) is 11.6 Å². The summed E-state index contributed by atoms with van der Waals surface area (Å²) >= 11 is 0. The van der Waals surface area contributed by atoms with Gasteiger partial charge in [0.2, 0.25) is 0 Å². The minimum absolute atomic E-state index is 0.220. The largest absolute Gasteiger partial charge is 0.379 e. The molecule has 0 spiro atoms. The van der Waals surface area contributed by atoms with Crippen molar-refractivity contribution in [3.8, 4) is 0 Å². The lowest BCUT2D eigenvalue weighted by Crippen LogP contribution is -2.36. The molecule has 1 atom stereocenters. The van der Waals surface area contributed by atoms with Crippen LogP contribution in [0.25, 0.3) is 0 Å². The van der Waals surface area contributed by atoms with Crippen LogP contribution in [0.15, 0.2) is 12.1 Å². The Morgan fingerprint density at radius 1 is 1.39 bits per heavy atom. The number of methoxy groups -OCH3 is 1. The summed E-state index contributed by atoms with van der Waals surface area (Å²) in [5.41, 5.74) is 4.77. The SMILES string of the molecule is COC(C)(C)CC(NN)c1c(C)cc(C)cc1F. The molecule has 0 aliphatic carbocycles. The van der Waals surface area contributed by atoms with Crippen molar-refractivity contribution in [1.82, 2.24) is 5.43 Å². The molecule has 18 heavy (non-hydrogen) atoms. The number of rotatable bonds is 5. The fourth-order valence-corrected chi connectivity index (χ4v) is 2.19. The van der Waals surface area contributed by atoms with Gasteiger partial charge < -0.3 is 4.74 Å². The number of benzene rings is 1. The lowest BCUT2D eigenvalue weighted by molar-refractivity contribution is 0.00650. The van der Waals surface area contributed by atoms with Crippen molar-refractivity contribution in [2.24, 2.45) is 5.84 Å². The van der Waals surface area contributed by atoms with E-state index in [0.717, 1.165) is 11.1 Å². The van der Waals surface area contributed by atoms with Crippen molar-refractivity contribution in [2.75, 3.05) is 7.11 Å². The van der Waals surface area contributed by atoms with E-state index < -0.39 is 0 Å². The van der Waals surface area contributed by atoms with E-state index in [0.29, 0.717) is 12.0 Å². The smallest absolute Gasteiger partial charge is 0.128 e. The van der Waals surface area contributed by atoms with E-state index in [1.807, 2.05) is 33.8 Å². The molecule has 102 valence electrons. The first-order valence-corrected chi connectivity index (χ1v) is 6.08. The van der Waals surface area contributed by atoms with E-state index in [4.69, 9.17) is 10.6 Å². The van der Waals surface area contributed by atoms with Crippen LogP contribution in [0.3, 0.4) is 0 Å². The summed E-state index contributed by atoms with van der Waals surface area (Å²) < 4.78 is 19.5. The minimum Gasteiger partial charge on any atom is -0.379 e. The van der Waals surface area contributed by atoms with Gasteiger partial charge >= 0.3 is 0 Å². The summed E-state index contributed by atoms with van der Waals surface area (Å²) in [5.74, 6) is 5.35. The number of hydrogen-bond donors (Lipinski definition) is 2. The number of hydrogen-bond acceptors (Lipinski definition) is 3. The quantitative estimate of drug-likeness (QED) is 0.627. The summed E-state index contributed by atoms with van der Waals surface area (Å²) in [6.07, 6.45) is 0.598. The van der Waals surface area contributed by atoms with Crippen molar-refractivity contribution in [2.45, 2.75) is 45.8 Å². The molecule has 3 nitrogen and oxygen atoms in total. The maximum atomic E-state index is 14.1. The van der Waals surface area contributed by atoms with Gasteiger partial charge in [-0.1, -0.05) is 6.07 Å². The van der Waals surface area contributed by atoms with Crippen LogP contribution in [-0.4, -0.2) is 12.7 Å². The molecule has 0 fully saturated rings. The Hall–Kier alpha value is -0.970. The van der Waals surface area contributed by atoms with Crippen molar-refractivity contribution in [3.05, 3.63) is 34.6 Å². The molecule has 0 radical (unpaired) electrons. The Morgan fingerprint density at radius 3 is 2.44 bits per heavy atom. The van der Waals surface area contributed by atoms with Gasteiger partial charge in [-0.25, -0.2) is 4.39 Å². The fraction of sp³-hybridized carbons (Fsp3) is 0.571. The predicted molar refractivity (Wildman–Crippen MR) is 71.6 cm³/mol. The molecular weight excluding hydrogens is 231 g/mol. The van der Waals surface area contributed by atoms with Gasteiger partial charge in [-0.15, -0.1) is 0 Å². The molecule has 0 aliphatic rings. The van der Waals surface area contributed by atoms with Crippen LogP contribution in [0.5, 0.6) is 0 Å². The van der Waals surface area contributed by atoms with E-state index in [9.17, 15) is 4.39 Å². The van der Waals surface area contributed by atoms with E-state index in [2.05, 4.69) is 5.43 Å². The maximum absolute atomic E-state index is 14.1. The summed E-state index contributed by atoms with van der Waals surface area (Å²) in [6, 6.07) is 3.23. The summed E-state index contributed by atoms with van der Waals surface area (Å²) in [5, 5.41) is 0. The highest BCUT2D eigenvalue weighted by molar-refractivity contribution is 5.34. The van der Waals surface area contributed by atoms with Crippen LogP contribution in [-0.2, 0) is 4.74 Å². The second kappa shape index (κ2) is 5.78. The van der Waals surface area contributed by atoms with E-state index in [-0.39, 0.29) is 17.5 Å². The number of aryl methyl sites for hydroxylation is 2. The monoisotopic (exact) mass is 254 g/mol. The van der Waals surface area contributed by atoms with E-state index in [1.165, 1.54) is 6.07 Å². The number of halogens is 1. The Kier molecular flexibility index (Phi) is 4.85. The zero-order chi connectivity index (χ0) is 13.9. The highest BCUT2D eigenvalue weighted by atomic mass is 19.1. The molecule has 0 heterocycles. The number of hydrazine groups is 1. The Morgan fingerprint density at radius 2 is 2.00 bits per heavy atom. The third kappa shape index (κ3) is 3.51. The molecule has 0 amide bonds. The van der Waals surface area contributed by atoms with E-state index in [1.54, 1.807) is 7.11 Å². The number of nitrogens with one attached hydrogen (secondary N) is 1. The van der Waals surface area contributed by atoms with E-state index >= 15 is 0 Å². The summed E-state index contributed by atoms with van der Waals surface area (Å²) in [7, 11) is 1.64. The van der Waals surface area contributed by atoms with Crippen LogP contribution in [0.2, 0.25) is 0 Å². The molecule has 0 bridgehead atoms. The van der Waals surface area contributed by atoms with Crippen molar-refractivity contribution in [3.63, 3.8) is 0 Å². The molecule has 0 saturated carbocycles. The molecule has 1 unspecified atom stereocenters. The van der Waals surface area contributed by atoms with Crippen LogP contribution >= 0.6 is 0 Å². The third-order valence-corrected chi connectivity index (χ3v) is 3.28. The normalized spacial score (nSPS) is 13.7. The zero-order valence-corrected chi connectivity index (χ0v) is 11.8. The van der Waals surface area contributed by atoms with Gasteiger partial charge in [0, 0.05) is 12.7 Å². The average molecular weight is 254 g/mol. The van der Waals surface area contributed by atoms with Crippen LogP contribution in [0.1, 0.15) is 43.0 Å². The highest BCUT2D eigenvalue weighted by Gasteiger charge is 2.26. The van der Waals surface area contributed by atoms with Gasteiger partial charge in [0.15, 0.2) is 0 Å². The molecule has 0 saturated heterocycles. The van der Waals surface area contributed by atoms with Crippen molar-refractivity contribution >= 4 is 0 Å². The molecule has 1 aromatic rings. The second-order valence-corrected chi connectivity index (χ2v) is 5.36. The molecule has 0 aliphatic heterocycles. The zero-order valence-electron chi connectivity index (χ0n) is 11.8. The Balaban J connectivity index is 3.10. The first-order chi connectivity index (χ1) is 8.30. The second-order valence-electron chi connectivity index (χ2n) is 5.36. The lowest BCUT2D eigenvalue weighted by Gasteiger charge is -2.29. The summed E-state index contributed by atoms with van der Waals surface area (Å²) in [4.78, 5) is 0. The average Bonchev–Trinajstić information content (AvgIpc) is 2.26. The number of nitrogens with two attached hydrogens (primary N) is 1. The van der Waals surface area contributed by atoms with Gasteiger partial charge in [-0.05, 0) is 51.3 Å². The van der Waals surface area contributed by atoms with Gasteiger partial charge in [-0.2, -0.15) is 0 Å². The highest BCUT2D eigenvalue weighted by Crippen LogP contribution is 2.29. The molecule has 4 heteroatoms. The van der Waals surface area contributed by atoms with Gasteiger partial charge in [0.1, 0.15) is 5.82 Å². The van der Waals surface area contributed by atoms with Crippen molar-refractivity contribution < 1.29 is 9.13 Å². The standard InChI is InChI=1S/C14H23FN2O/c1-9-6-10(2)13(11(15)7-9)12(17-16)8-14(3,4)18-5/h6-7,12,17H,8,16H2,1-5H3. The summed E-state index contributed by atoms with van der Waals surface area (Å²) in [6.45, 7) is 7.69. The third-order valence-electron chi connectivity index (χ3n) is 3.28. The first kappa shape index (κ1) is 15.1. The Labute approximate surface area is 108 Å². The topological polar surface area (TPSA) is 47.3 Å². The predicted octanol–water partition coefficient (Wildman–Crippen LogP) is 2.76. The minimum atomic E-state index is -0.360. The lowest BCUT2D eigenvalue weighted by atomic mass is 9.90. The number of ether oxygens (including phenoxy) is 1. The van der Waals surface area contributed by atoms with Crippen molar-refractivity contribution in [1.29, 1.82) is 0 Å². The molecule has 1 aromatic carbocycles. The molecule has 3 N–H and O–H groups in total. The fourth-order valence-electron chi connectivity index (χ4n) is 2.19. The van der Waals surface area contributed by atoms with Crippen LogP contribution in [0, 0.1) is 19.7 Å². The van der Waals surface area contributed by atoms with Gasteiger partial charge in [-0.3, -0.25) is 11.3 Å². The molecule has 0 aromatic heterocycles. The van der Waals surface area contributed by atoms with Crippen LogP contribution < -0.4 is 11.3 Å². The molecule has 1 rings (SSSR count). The first-order valence-electron chi connectivity index (χ1n) is 6.08. The van der Waals surface area contributed by atoms with Gasteiger partial charge in [0.25, 0.3) is 0 Å². The maximum Gasteiger partial charge on any atom is 0.128 e.